The van der Waals surface area contributed by atoms with Gasteiger partial charge in [-0.05, 0) is 54.7 Å². The van der Waals surface area contributed by atoms with Crippen LogP contribution in [0.4, 0.5) is 5.69 Å². The maximum Gasteiger partial charge on any atom is 0.270 e. The summed E-state index contributed by atoms with van der Waals surface area (Å²) < 4.78 is 5.78. The zero-order chi connectivity index (χ0) is 21.4. The predicted molar refractivity (Wildman–Crippen MR) is 110 cm³/mol. The summed E-state index contributed by atoms with van der Waals surface area (Å²) in [6.45, 7) is 1.84. The lowest BCUT2D eigenvalue weighted by atomic mass is 9.63. The molecule has 0 spiro atoms. The Labute approximate surface area is 177 Å². The summed E-state index contributed by atoms with van der Waals surface area (Å²) in [5.74, 6) is 1.19. The van der Waals surface area contributed by atoms with Crippen LogP contribution in [0, 0.1) is 52.5 Å². The van der Waals surface area contributed by atoms with Crippen LogP contribution in [-0.2, 0) is 9.59 Å². The summed E-state index contributed by atoms with van der Waals surface area (Å²) in [5.41, 5.74) is 1.42. The lowest BCUT2D eigenvalue weighted by Gasteiger charge is -2.37. The molecule has 5 aliphatic rings. The molecule has 1 aromatic heterocycles. The van der Waals surface area contributed by atoms with Gasteiger partial charge in [0, 0.05) is 17.7 Å². The molecule has 2 aromatic rings. The SMILES string of the molecule is Cc1ccc([N+](=O)[O-])cc1-c1ccc(/C=N/N2C(=O)[C@@H]3[C@@H]4C=C[C@H]([C@H]5C[C@H]45)[C@@H]3C2=O)o1. The van der Waals surface area contributed by atoms with Crippen molar-refractivity contribution >= 4 is 23.7 Å². The highest BCUT2D eigenvalue weighted by molar-refractivity contribution is 6.06. The Hall–Kier alpha value is -3.55. The molecule has 0 N–H and O–H groups in total. The second kappa shape index (κ2) is 6.23. The number of carbonyl (C=O) groups is 2. The number of amides is 2. The second-order valence-electron chi connectivity index (χ2n) is 8.85. The van der Waals surface area contributed by atoms with Crippen molar-refractivity contribution in [2.24, 2.45) is 40.6 Å². The van der Waals surface area contributed by atoms with Crippen molar-refractivity contribution in [3.05, 3.63) is 63.9 Å². The van der Waals surface area contributed by atoms with Gasteiger partial charge in [0.25, 0.3) is 17.5 Å². The average molecular weight is 417 g/mol. The highest BCUT2D eigenvalue weighted by atomic mass is 16.6. The third kappa shape index (κ3) is 2.57. The Morgan fingerprint density at radius 2 is 1.77 bits per heavy atom. The van der Waals surface area contributed by atoms with E-state index in [2.05, 4.69) is 17.3 Å². The van der Waals surface area contributed by atoms with Gasteiger partial charge in [0.15, 0.2) is 0 Å². The van der Waals surface area contributed by atoms with Crippen molar-refractivity contribution in [3.63, 3.8) is 0 Å². The maximum atomic E-state index is 13.0. The van der Waals surface area contributed by atoms with Gasteiger partial charge in [-0.1, -0.05) is 18.2 Å². The first kappa shape index (κ1) is 18.2. The number of nitro benzene ring substituents is 1. The van der Waals surface area contributed by atoms with E-state index in [0.717, 1.165) is 17.0 Å². The molecule has 7 rings (SSSR count). The van der Waals surface area contributed by atoms with Crippen molar-refractivity contribution in [2.45, 2.75) is 13.3 Å². The average Bonchev–Trinajstić information content (AvgIpc) is 3.40. The van der Waals surface area contributed by atoms with Gasteiger partial charge < -0.3 is 4.42 Å². The van der Waals surface area contributed by atoms with Crippen molar-refractivity contribution < 1.29 is 18.9 Å². The van der Waals surface area contributed by atoms with E-state index in [4.69, 9.17) is 4.42 Å². The third-order valence-corrected chi connectivity index (χ3v) is 7.26. The highest BCUT2D eigenvalue weighted by Gasteiger charge is 2.67. The molecular formula is C23H19N3O5. The Bertz CT molecular complexity index is 1180. The number of hydrazone groups is 1. The van der Waals surface area contributed by atoms with Crippen LogP contribution in [0.5, 0.6) is 0 Å². The van der Waals surface area contributed by atoms with Crippen LogP contribution in [0.2, 0.25) is 0 Å². The zero-order valence-corrected chi connectivity index (χ0v) is 16.7. The minimum absolute atomic E-state index is 0.0237. The fraction of sp³-hybridized carbons (Fsp3) is 0.348. The molecule has 6 atom stereocenters. The number of non-ortho nitro benzene ring substituents is 1. The van der Waals surface area contributed by atoms with Crippen molar-refractivity contribution in [1.29, 1.82) is 0 Å². The Morgan fingerprint density at radius 3 is 2.42 bits per heavy atom. The number of carbonyl (C=O) groups excluding carboxylic acids is 2. The lowest BCUT2D eigenvalue weighted by Crippen LogP contribution is -2.40. The smallest absolute Gasteiger partial charge is 0.270 e. The highest BCUT2D eigenvalue weighted by Crippen LogP contribution is 2.65. The first-order valence-electron chi connectivity index (χ1n) is 10.4. The maximum absolute atomic E-state index is 13.0. The largest absolute Gasteiger partial charge is 0.455 e. The Balaban J connectivity index is 1.25. The van der Waals surface area contributed by atoms with Gasteiger partial charge in [-0.25, -0.2) is 0 Å². The van der Waals surface area contributed by atoms with E-state index in [0.29, 0.717) is 28.9 Å². The molecule has 156 valence electrons. The molecule has 2 amide bonds. The number of nitro groups is 1. The summed E-state index contributed by atoms with van der Waals surface area (Å²) >= 11 is 0. The van der Waals surface area contributed by atoms with Gasteiger partial charge in [-0.15, -0.1) is 0 Å². The van der Waals surface area contributed by atoms with E-state index < -0.39 is 4.92 Å². The predicted octanol–water partition coefficient (Wildman–Crippen LogP) is 3.55. The van der Waals surface area contributed by atoms with Gasteiger partial charge in [-0.2, -0.15) is 10.1 Å². The molecule has 31 heavy (non-hydrogen) atoms. The fourth-order valence-corrected chi connectivity index (χ4v) is 5.73. The van der Waals surface area contributed by atoms with Gasteiger partial charge in [0.05, 0.1) is 23.0 Å². The minimum Gasteiger partial charge on any atom is -0.455 e. The summed E-state index contributed by atoms with van der Waals surface area (Å²) in [5, 5.41) is 16.3. The van der Waals surface area contributed by atoms with Crippen molar-refractivity contribution in [2.75, 3.05) is 0 Å². The quantitative estimate of drug-likeness (QED) is 0.249. The molecule has 0 radical (unpaired) electrons. The first-order valence-corrected chi connectivity index (χ1v) is 10.4. The van der Waals surface area contributed by atoms with Crippen molar-refractivity contribution in [3.8, 4) is 11.3 Å². The monoisotopic (exact) mass is 417 g/mol. The number of rotatable bonds is 4. The number of benzene rings is 1. The van der Waals surface area contributed by atoms with E-state index >= 15 is 0 Å². The first-order chi connectivity index (χ1) is 14.9. The zero-order valence-electron chi connectivity index (χ0n) is 16.7. The van der Waals surface area contributed by atoms with E-state index in [-0.39, 0.29) is 41.2 Å². The molecule has 2 heterocycles. The lowest BCUT2D eigenvalue weighted by molar-refractivity contribution is -0.384. The molecule has 1 aliphatic heterocycles. The summed E-state index contributed by atoms with van der Waals surface area (Å²) in [6, 6.07) is 7.93. The number of hydrogen-bond acceptors (Lipinski definition) is 6. The molecule has 8 heteroatoms. The van der Waals surface area contributed by atoms with Gasteiger partial charge in [0.1, 0.15) is 11.5 Å². The van der Waals surface area contributed by atoms with Crippen LogP contribution < -0.4 is 0 Å². The molecule has 3 fully saturated rings. The minimum atomic E-state index is -0.454. The Kier molecular flexibility index (Phi) is 3.66. The van der Waals surface area contributed by atoms with Crippen LogP contribution in [0.25, 0.3) is 11.3 Å². The van der Waals surface area contributed by atoms with E-state index in [9.17, 15) is 19.7 Å². The molecule has 2 saturated carbocycles. The number of nitrogens with zero attached hydrogens (tertiary/aromatic N) is 3. The summed E-state index contributed by atoms with van der Waals surface area (Å²) in [6.07, 6.45) is 6.72. The third-order valence-electron chi connectivity index (χ3n) is 7.26. The molecule has 1 saturated heterocycles. The Morgan fingerprint density at radius 1 is 1.10 bits per heavy atom. The number of furan rings is 1. The van der Waals surface area contributed by atoms with Crippen LogP contribution in [-0.4, -0.2) is 28.0 Å². The summed E-state index contributed by atoms with van der Waals surface area (Å²) in [4.78, 5) is 36.5. The molecule has 2 bridgehead atoms. The fourth-order valence-electron chi connectivity index (χ4n) is 5.73. The van der Waals surface area contributed by atoms with Gasteiger partial charge in [0.2, 0.25) is 0 Å². The molecule has 4 aliphatic carbocycles. The van der Waals surface area contributed by atoms with Crippen LogP contribution in [0.15, 0.2) is 52.0 Å². The van der Waals surface area contributed by atoms with Crippen LogP contribution in [0.1, 0.15) is 17.7 Å². The number of allylic oxidation sites excluding steroid dienone is 2. The number of hydrogen-bond donors (Lipinski definition) is 0. The van der Waals surface area contributed by atoms with Crippen LogP contribution in [0.3, 0.4) is 0 Å². The standard InChI is InChI=1S/C23H19N3O5/c1-11-2-3-12(26(29)30)8-16(11)19-7-4-13(31-19)10-24-25-22(27)20-14-5-6-15(18-9-17(14)18)21(20)23(25)28/h2-8,10,14-15,17-18,20-21H,9H2,1H3/b24-10+/t14-,15-,17-,18-,20-,21+/m1/s1. The topological polar surface area (TPSA) is 106 Å². The van der Waals surface area contributed by atoms with E-state index in [1.165, 1.54) is 18.3 Å². The molecule has 8 nitrogen and oxygen atoms in total. The van der Waals surface area contributed by atoms with Crippen molar-refractivity contribution in [1.82, 2.24) is 5.01 Å². The van der Waals surface area contributed by atoms with Gasteiger partial charge in [-0.3, -0.25) is 19.7 Å². The van der Waals surface area contributed by atoms with E-state index in [1.807, 2.05) is 6.92 Å². The summed E-state index contributed by atoms with van der Waals surface area (Å²) in [7, 11) is 0. The normalized spacial score (nSPS) is 32.6. The number of aryl methyl sites for hydroxylation is 1. The van der Waals surface area contributed by atoms with Crippen LogP contribution >= 0.6 is 0 Å². The molecule has 0 unspecified atom stereocenters. The van der Waals surface area contributed by atoms with E-state index in [1.54, 1.807) is 18.2 Å². The molecule has 1 aromatic carbocycles. The number of imide groups is 1. The van der Waals surface area contributed by atoms with Gasteiger partial charge >= 0.3 is 0 Å². The molecular weight excluding hydrogens is 398 g/mol. The second-order valence-corrected chi connectivity index (χ2v) is 8.85.